The number of anilines is 1. The largest absolute Gasteiger partial charge is 0.453 e. The van der Waals surface area contributed by atoms with E-state index >= 15 is 0 Å². The van der Waals surface area contributed by atoms with Crippen LogP contribution in [0, 0.1) is 6.92 Å². The average molecular weight is 510 g/mol. The highest BCUT2D eigenvalue weighted by Gasteiger charge is 2.34. The van der Waals surface area contributed by atoms with Crippen LogP contribution in [0.4, 0.5) is 10.5 Å². The van der Waals surface area contributed by atoms with Crippen molar-refractivity contribution < 1.29 is 14.3 Å². The molecule has 1 aliphatic heterocycles. The third-order valence-corrected chi connectivity index (χ3v) is 6.16. The second-order valence-corrected chi connectivity index (χ2v) is 8.73. The van der Waals surface area contributed by atoms with Crippen molar-refractivity contribution in [3.8, 4) is 5.69 Å². The molecule has 0 saturated carbocycles. The number of carbonyl (C=O) groups is 2. The second kappa shape index (κ2) is 8.32. The van der Waals surface area contributed by atoms with Crippen molar-refractivity contribution in [3.63, 3.8) is 0 Å². The lowest BCUT2D eigenvalue weighted by molar-refractivity contribution is 0.0871. The van der Waals surface area contributed by atoms with E-state index in [4.69, 9.17) is 4.74 Å². The highest BCUT2D eigenvalue weighted by atomic mass is 79.9. The molecule has 33 heavy (non-hydrogen) atoms. The van der Waals surface area contributed by atoms with Gasteiger partial charge in [0.1, 0.15) is 0 Å². The number of aryl methyl sites for hydroxylation is 1. The van der Waals surface area contributed by atoms with Crippen LogP contribution >= 0.6 is 15.9 Å². The van der Waals surface area contributed by atoms with Gasteiger partial charge in [0, 0.05) is 35.4 Å². The Bertz CT molecular complexity index is 1370. The summed E-state index contributed by atoms with van der Waals surface area (Å²) in [7, 11) is 1.37. The van der Waals surface area contributed by atoms with Gasteiger partial charge in [0.05, 0.1) is 42.0 Å². The van der Waals surface area contributed by atoms with Gasteiger partial charge in [-0.25, -0.2) is 9.31 Å². The number of aromatic nitrogens is 5. The number of carbonyl (C=O) groups excluding carboxylic acids is 2. The number of nitrogens with one attached hydrogen (secondary N) is 1. The zero-order chi connectivity index (χ0) is 23.1. The first-order valence-corrected chi connectivity index (χ1v) is 11.0. The summed E-state index contributed by atoms with van der Waals surface area (Å²) in [4.78, 5) is 27.7. The third-order valence-electron chi connectivity index (χ3n) is 5.67. The molecule has 4 aromatic rings. The number of hydrogen-bond acceptors (Lipinski definition) is 6. The molecule has 2 amide bonds. The monoisotopic (exact) mass is 509 g/mol. The summed E-state index contributed by atoms with van der Waals surface area (Å²) in [5.41, 5.74) is 4.26. The lowest BCUT2D eigenvalue weighted by atomic mass is 9.98. The molecule has 0 aliphatic carbocycles. The summed E-state index contributed by atoms with van der Waals surface area (Å²) >= 11 is 3.43. The van der Waals surface area contributed by atoms with Crippen molar-refractivity contribution in [2.45, 2.75) is 12.8 Å². The van der Waals surface area contributed by atoms with E-state index in [1.807, 2.05) is 37.3 Å². The van der Waals surface area contributed by atoms with E-state index in [0.29, 0.717) is 35.5 Å². The Hall–Kier alpha value is -3.73. The minimum absolute atomic E-state index is 0.123. The summed E-state index contributed by atoms with van der Waals surface area (Å²) in [6.07, 6.45) is 4.70. The van der Waals surface area contributed by atoms with Crippen molar-refractivity contribution in [2.24, 2.45) is 0 Å². The van der Waals surface area contributed by atoms with Gasteiger partial charge in [0.15, 0.2) is 0 Å². The predicted molar refractivity (Wildman–Crippen MR) is 124 cm³/mol. The molecule has 10 nitrogen and oxygen atoms in total. The van der Waals surface area contributed by atoms with Crippen LogP contribution < -0.4 is 5.32 Å². The molecule has 1 aliphatic rings. The maximum atomic E-state index is 13.0. The number of pyridine rings is 1. The van der Waals surface area contributed by atoms with Gasteiger partial charge in [-0.2, -0.15) is 20.1 Å². The molecule has 5 rings (SSSR count). The minimum Gasteiger partial charge on any atom is -0.453 e. The van der Waals surface area contributed by atoms with Crippen LogP contribution in [0.5, 0.6) is 0 Å². The molecular weight excluding hydrogens is 490 g/mol. The molecule has 0 atom stereocenters. The Morgan fingerprint density at radius 2 is 1.97 bits per heavy atom. The highest BCUT2D eigenvalue weighted by molar-refractivity contribution is 9.10. The van der Waals surface area contributed by atoms with Gasteiger partial charge in [0.2, 0.25) is 0 Å². The summed E-state index contributed by atoms with van der Waals surface area (Å²) in [6, 6.07) is 9.34. The van der Waals surface area contributed by atoms with Crippen molar-refractivity contribution in [2.75, 3.05) is 25.5 Å². The molecule has 0 unspecified atom stereocenters. The number of halogens is 1. The van der Waals surface area contributed by atoms with Gasteiger partial charge in [-0.05, 0) is 36.8 Å². The number of nitrogens with zero attached hydrogens (tertiary/aromatic N) is 6. The van der Waals surface area contributed by atoms with E-state index in [1.165, 1.54) is 11.9 Å². The number of benzene rings is 1. The fourth-order valence-electron chi connectivity index (χ4n) is 3.72. The topological polar surface area (TPSA) is 107 Å². The van der Waals surface area contributed by atoms with E-state index < -0.39 is 0 Å². The zero-order valence-corrected chi connectivity index (χ0v) is 19.5. The normalized spacial score (nSPS) is 13.7. The summed E-state index contributed by atoms with van der Waals surface area (Å²) in [5, 5.41) is 16.2. The summed E-state index contributed by atoms with van der Waals surface area (Å²) < 4.78 is 7.25. The molecule has 0 radical (unpaired) electrons. The SMILES string of the molecule is COC(=O)N1CC(c2cnn(-c3ccc(C)c(NC(=O)c4cnn5ccc(Br)cc45)c3)n2)C1. The first-order valence-electron chi connectivity index (χ1n) is 10.2. The number of likely N-dealkylation sites (tertiary alicyclic amines) is 1. The van der Waals surface area contributed by atoms with Crippen LogP contribution in [0.25, 0.3) is 11.2 Å². The predicted octanol–water partition coefficient (Wildman–Crippen LogP) is 3.40. The molecule has 0 spiro atoms. The van der Waals surface area contributed by atoms with Gasteiger partial charge >= 0.3 is 6.09 Å². The van der Waals surface area contributed by atoms with E-state index in [9.17, 15) is 9.59 Å². The zero-order valence-electron chi connectivity index (χ0n) is 17.9. The fraction of sp³-hybridized carbons (Fsp3) is 0.227. The van der Waals surface area contributed by atoms with Gasteiger partial charge < -0.3 is 15.0 Å². The molecular formula is C22H20BrN7O3. The van der Waals surface area contributed by atoms with Crippen LogP contribution in [0.3, 0.4) is 0 Å². The van der Waals surface area contributed by atoms with E-state index in [1.54, 1.807) is 28.0 Å². The van der Waals surface area contributed by atoms with Crippen molar-refractivity contribution >= 4 is 39.1 Å². The Morgan fingerprint density at radius 1 is 1.15 bits per heavy atom. The third kappa shape index (κ3) is 3.95. The molecule has 1 aromatic carbocycles. The smallest absolute Gasteiger partial charge is 0.409 e. The van der Waals surface area contributed by atoms with Crippen LogP contribution in [0.2, 0.25) is 0 Å². The lowest BCUT2D eigenvalue weighted by Crippen LogP contribution is -2.48. The van der Waals surface area contributed by atoms with Gasteiger partial charge in [-0.3, -0.25) is 4.79 Å². The minimum atomic E-state index is -0.337. The molecule has 3 aromatic heterocycles. The van der Waals surface area contributed by atoms with Crippen LogP contribution in [-0.2, 0) is 4.74 Å². The van der Waals surface area contributed by atoms with Crippen molar-refractivity contribution in [1.82, 2.24) is 29.5 Å². The molecule has 168 valence electrons. The maximum absolute atomic E-state index is 13.0. The Morgan fingerprint density at radius 3 is 2.76 bits per heavy atom. The molecule has 1 fully saturated rings. The number of fused-ring (bicyclic) bond motifs is 1. The molecule has 0 bridgehead atoms. The molecule has 4 heterocycles. The van der Waals surface area contributed by atoms with Crippen LogP contribution in [0.15, 0.2) is 53.4 Å². The first-order chi connectivity index (χ1) is 15.9. The van der Waals surface area contributed by atoms with Crippen LogP contribution in [0.1, 0.15) is 27.5 Å². The van der Waals surface area contributed by atoms with E-state index in [2.05, 4.69) is 36.5 Å². The van der Waals surface area contributed by atoms with Gasteiger partial charge in [0.25, 0.3) is 5.91 Å². The highest BCUT2D eigenvalue weighted by Crippen LogP contribution is 2.27. The summed E-state index contributed by atoms with van der Waals surface area (Å²) in [6.45, 7) is 3.02. The Kier molecular flexibility index (Phi) is 5.33. The van der Waals surface area contributed by atoms with Crippen molar-refractivity contribution in [3.05, 3.63) is 70.2 Å². The van der Waals surface area contributed by atoms with Crippen molar-refractivity contribution in [1.29, 1.82) is 0 Å². The first kappa shape index (κ1) is 21.1. The fourth-order valence-corrected chi connectivity index (χ4v) is 4.05. The number of methoxy groups -OCH3 is 1. The summed E-state index contributed by atoms with van der Waals surface area (Å²) in [5.74, 6) is -0.132. The lowest BCUT2D eigenvalue weighted by Gasteiger charge is -2.36. The second-order valence-electron chi connectivity index (χ2n) is 7.82. The number of rotatable bonds is 4. The standard InChI is InChI=1S/C22H20BrN7O3/c1-13-3-4-16(30-25-10-19(27-30)14-11-28(12-14)22(32)33-2)8-18(13)26-21(31)17-9-24-29-6-5-15(23)7-20(17)29/h3-10,14H,11-12H2,1-2H3,(H,26,31). The number of hydrogen-bond donors (Lipinski definition) is 1. The van der Waals surface area contributed by atoms with E-state index in [-0.39, 0.29) is 17.9 Å². The Labute approximate surface area is 197 Å². The van der Waals surface area contributed by atoms with E-state index in [0.717, 1.165) is 15.7 Å². The average Bonchev–Trinajstić information content (AvgIpc) is 3.41. The molecule has 1 N–H and O–H groups in total. The number of amides is 2. The van der Waals surface area contributed by atoms with Gasteiger partial charge in [-0.1, -0.05) is 22.0 Å². The number of ether oxygens (including phenoxy) is 1. The quantitative estimate of drug-likeness (QED) is 0.451. The maximum Gasteiger partial charge on any atom is 0.409 e. The molecule has 1 saturated heterocycles. The van der Waals surface area contributed by atoms with Crippen LogP contribution in [-0.4, -0.2) is 61.7 Å². The Balaban J connectivity index is 1.35. The molecule has 11 heteroatoms. The van der Waals surface area contributed by atoms with Gasteiger partial charge in [-0.15, -0.1) is 0 Å².